The van der Waals surface area contributed by atoms with E-state index in [1.165, 1.54) is 0 Å². The van der Waals surface area contributed by atoms with Gasteiger partial charge in [0.1, 0.15) is 11.5 Å². The van der Waals surface area contributed by atoms with Crippen molar-refractivity contribution in [3.05, 3.63) is 36.5 Å². The summed E-state index contributed by atoms with van der Waals surface area (Å²) < 4.78 is 0. The molecule has 0 aliphatic rings. The third-order valence-corrected chi connectivity index (χ3v) is 1.39. The molecule has 1 aromatic heterocycles. The molecule has 1 radical (unpaired) electrons. The van der Waals surface area contributed by atoms with Gasteiger partial charge in [0, 0.05) is 6.20 Å². The molecule has 0 aliphatic heterocycles. The number of nitrogens with zero attached hydrogens (tertiary/aromatic N) is 1. The van der Waals surface area contributed by atoms with Gasteiger partial charge in [-0.25, -0.2) is 0 Å². The molecule has 3 nitrogen and oxygen atoms in total. The van der Waals surface area contributed by atoms with Gasteiger partial charge in [-0.1, -0.05) is 0 Å². The Balaban J connectivity index is 3.01. The third-order valence-electron chi connectivity index (χ3n) is 1.39. The zero-order valence-electron chi connectivity index (χ0n) is 6.17. The zero-order chi connectivity index (χ0) is 8.27. The highest BCUT2D eigenvalue weighted by molar-refractivity contribution is 5.93. The lowest BCUT2D eigenvalue weighted by atomic mass is 10.2. The average Bonchev–Trinajstić information content (AvgIpc) is 2.05. The van der Waals surface area contributed by atoms with Crippen molar-refractivity contribution < 1.29 is 0 Å². The van der Waals surface area contributed by atoms with Gasteiger partial charge in [0.15, 0.2) is 0 Å². The summed E-state index contributed by atoms with van der Waals surface area (Å²) >= 11 is 0. The van der Waals surface area contributed by atoms with Crippen LogP contribution in [0.5, 0.6) is 0 Å². The second-order valence-electron chi connectivity index (χ2n) is 2.21. The number of nitrogens with one attached hydrogen (secondary N) is 1. The summed E-state index contributed by atoms with van der Waals surface area (Å²) in [5.74, 6) is 0.000278. The van der Waals surface area contributed by atoms with Gasteiger partial charge in [0.2, 0.25) is 0 Å². The molecule has 0 amide bonds. The standard InChI is InChI=1S/C8H10N3/c1-2-6-3-4-11-7(5-6)8(9)10/h3-5H,1-2H2,(H3,9,10). The SMILES string of the molecule is [CH2]Cc1ccnc(C(=N)N)c1. The van der Waals surface area contributed by atoms with Gasteiger partial charge in [-0.2, -0.15) is 0 Å². The van der Waals surface area contributed by atoms with Crippen molar-refractivity contribution in [3.8, 4) is 0 Å². The second kappa shape index (κ2) is 3.14. The minimum Gasteiger partial charge on any atom is -0.382 e. The van der Waals surface area contributed by atoms with Crippen LogP contribution in [0.25, 0.3) is 0 Å². The van der Waals surface area contributed by atoms with Crippen molar-refractivity contribution in [1.82, 2.24) is 4.98 Å². The molecule has 1 rings (SSSR count). The summed E-state index contributed by atoms with van der Waals surface area (Å²) in [6.45, 7) is 3.72. The molecule has 1 aromatic rings. The van der Waals surface area contributed by atoms with Crippen LogP contribution < -0.4 is 5.73 Å². The monoisotopic (exact) mass is 148 g/mol. The largest absolute Gasteiger partial charge is 0.382 e. The fourth-order valence-electron chi connectivity index (χ4n) is 0.777. The Morgan fingerprint density at radius 1 is 1.73 bits per heavy atom. The maximum Gasteiger partial charge on any atom is 0.141 e. The zero-order valence-corrected chi connectivity index (χ0v) is 6.17. The molecule has 0 spiro atoms. The molecule has 11 heavy (non-hydrogen) atoms. The van der Waals surface area contributed by atoms with Crippen LogP contribution >= 0.6 is 0 Å². The summed E-state index contributed by atoms with van der Waals surface area (Å²) in [6.07, 6.45) is 2.33. The number of nitrogen functional groups attached to an aromatic ring is 1. The molecule has 0 aliphatic carbocycles. The predicted octanol–water partition coefficient (Wildman–Crippen LogP) is 0.742. The summed E-state index contributed by atoms with van der Waals surface area (Å²) in [5.41, 5.74) is 6.80. The summed E-state index contributed by atoms with van der Waals surface area (Å²) in [6, 6.07) is 3.63. The van der Waals surface area contributed by atoms with E-state index in [1.54, 1.807) is 12.3 Å². The van der Waals surface area contributed by atoms with Gasteiger partial charge < -0.3 is 5.73 Å². The number of hydrogen-bond donors (Lipinski definition) is 2. The van der Waals surface area contributed by atoms with Crippen LogP contribution in [0.1, 0.15) is 11.3 Å². The first-order valence-electron chi connectivity index (χ1n) is 3.32. The molecule has 0 atom stereocenters. The number of aromatic nitrogens is 1. The summed E-state index contributed by atoms with van der Waals surface area (Å²) in [4.78, 5) is 3.91. The van der Waals surface area contributed by atoms with Crippen molar-refractivity contribution in [1.29, 1.82) is 5.41 Å². The summed E-state index contributed by atoms with van der Waals surface area (Å²) in [5, 5.41) is 7.10. The van der Waals surface area contributed by atoms with Gasteiger partial charge in [-0.05, 0) is 31.0 Å². The Bertz CT molecular complexity index is 268. The maximum absolute atomic E-state index is 7.10. The van der Waals surface area contributed by atoms with E-state index in [2.05, 4.69) is 11.9 Å². The number of rotatable bonds is 2. The maximum atomic E-state index is 7.10. The van der Waals surface area contributed by atoms with E-state index in [0.29, 0.717) is 12.1 Å². The van der Waals surface area contributed by atoms with Gasteiger partial charge in [0.05, 0.1) is 0 Å². The predicted molar refractivity (Wildman–Crippen MR) is 44.3 cm³/mol. The quantitative estimate of drug-likeness (QED) is 0.480. The van der Waals surface area contributed by atoms with Crippen molar-refractivity contribution in [2.45, 2.75) is 6.42 Å². The summed E-state index contributed by atoms with van der Waals surface area (Å²) in [7, 11) is 0. The van der Waals surface area contributed by atoms with E-state index < -0.39 is 0 Å². The Labute approximate surface area is 65.8 Å². The van der Waals surface area contributed by atoms with Crippen molar-refractivity contribution in [2.24, 2.45) is 5.73 Å². The molecule has 3 heteroatoms. The van der Waals surface area contributed by atoms with E-state index >= 15 is 0 Å². The first-order valence-corrected chi connectivity index (χ1v) is 3.32. The first-order chi connectivity index (χ1) is 5.24. The van der Waals surface area contributed by atoms with Crippen LogP contribution in [0.2, 0.25) is 0 Å². The van der Waals surface area contributed by atoms with Gasteiger partial charge in [-0.3, -0.25) is 10.4 Å². The molecule has 3 N–H and O–H groups in total. The van der Waals surface area contributed by atoms with Crippen molar-refractivity contribution >= 4 is 5.84 Å². The van der Waals surface area contributed by atoms with Gasteiger partial charge in [0.25, 0.3) is 0 Å². The van der Waals surface area contributed by atoms with Crippen LogP contribution in [0.15, 0.2) is 18.3 Å². The second-order valence-corrected chi connectivity index (χ2v) is 2.21. The van der Waals surface area contributed by atoms with Gasteiger partial charge in [-0.15, -0.1) is 0 Å². The smallest absolute Gasteiger partial charge is 0.141 e. The minimum absolute atomic E-state index is 0.000278. The van der Waals surface area contributed by atoms with Crippen molar-refractivity contribution in [2.75, 3.05) is 0 Å². The van der Waals surface area contributed by atoms with Crippen LogP contribution in [-0.2, 0) is 6.42 Å². The molecule has 0 saturated carbocycles. The highest BCUT2D eigenvalue weighted by Crippen LogP contribution is 2.00. The van der Waals surface area contributed by atoms with E-state index in [-0.39, 0.29) is 5.84 Å². The molecule has 57 valence electrons. The lowest BCUT2D eigenvalue weighted by Crippen LogP contribution is -2.13. The number of hydrogen-bond acceptors (Lipinski definition) is 2. The molecule has 0 fully saturated rings. The Hall–Kier alpha value is -1.38. The van der Waals surface area contributed by atoms with Crippen LogP contribution in [0.4, 0.5) is 0 Å². The average molecular weight is 148 g/mol. The molecular formula is C8H10N3. The minimum atomic E-state index is 0.000278. The normalized spacial score (nSPS) is 9.55. The molecule has 0 saturated heterocycles. The Kier molecular flexibility index (Phi) is 2.21. The van der Waals surface area contributed by atoms with E-state index in [1.807, 2.05) is 6.07 Å². The van der Waals surface area contributed by atoms with Crippen LogP contribution in [0, 0.1) is 12.3 Å². The first kappa shape index (κ1) is 7.72. The van der Waals surface area contributed by atoms with Crippen LogP contribution in [-0.4, -0.2) is 10.8 Å². The lowest BCUT2D eigenvalue weighted by molar-refractivity contribution is 1.18. The highest BCUT2D eigenvalue weighted by Gasteiger charge is 1.97. The van der Waals surface area contributed by atoms with Crippen molar-refractivity contribution in [3.63, 3.8) is 0 Å². The molecule has 0 bridgehead atoms. The number of amidine groups is 1. The fourth-order valence-corrected chi connectivity index (χ4v) is 0.777. The fraction of sp³-hybridized carbons (Fsp3) is 0.125. The highest BCUT2D eigenvalue weighted by atomic mass is 14.8. The molecule has 0 unspecified atom stereocenters. The molecule has 0 aromatic carbocycles. The Morgan fingerprint density at radius 3 is 3.00 bits per heavy atom. The van der Waals surface area contributed by atoms with Gasteiger partial charge >= 0.3 is 0 Å². The molecular weight excluding hydrogens is 138 g/mol. The lowest BCUT2D eigenvalue weighted by Gasteiger charge is -1.98. The van der Waals surface area contributed by atoms with Crippen LogP contribution in [0.3, 0.4) is 0 Å². The van der Waals surface area contributed by atoms with E-state index in [0.717, 1.165) is 5.56 Å². The van der Waals surface area contributed by atoms with E-state index in [4.69, 9.17) is 11.1 Å². The Morgan fingerprint density at radius 2 is 2.45 bits per heavy atom. The third kappa shape index (κ3) is 1.77. The molecule has 1 heterocycles. The number of pyridine rings is 1. The van der Waals surface area contributed by atoms with E-state index in [9.17, 15) is 0 Å². The topological polar surface area (TPSA) is 62.8 Å². The number of nitrogens with two attached hydrogens (primary N) is 1.